The molecule has 0 fully saturated rings. The van der Waals surface area contributed by atoms with Crippen LogP contribution in [0.4, 0.5) is 52.7 Å². The van der Waals surface area contributed by atoms with Crippen LogP contribution in [0.25, 0.3) is 0 Å². The van der Waals surface area contributed by atoms with Crippen molar-refractivity contribution < 1.29 is 96.3 Å². The van der Waals surface area contributed by atoms with Crippen molar-refractivity contribution in [3.8, 4) is 0 Å². The Morgan fingerprint density at radius 3 is 1.12 bits per heavy atom. The maximum absolute atomic E-state index is 11.5. The topological polar surface area (TPSA) is 204 Å². The van der Waals surface area contributed by atoms with Gasteiger partial charge in [-0.1, -0.05) is 14.8 Å². The number of carboxylic acid groups (broad SMARTS) is 1. The molecule has 1 heterocycles. The van der Waals surface area contributed by atoms with Crippen molar-refractivity contribution in [3.63, 3.8) is 0 Å². The fourth-order valence-electron chi connectivity index (χ4n) is 1.36. The highest BCUT2D eigenvalue weighted by atomic mass is 32.3. The molecular weight excluding hydrogens is 704 g/mol. The monoisotopic (exact) mass is 716 g/mol. The molecular formula is C11H12F12N4O10S4. The average Bonchev–Trinajstić information content (AvgIpc) is 3.10. The molecule has 3 N–H and O–H groups in total. The lowest BCUT2D eigenvalue weighted by molar-refractivity contribution is -0.137. The highest BCUT2D eigenvalue weighted by Gasteiger charge is 2.56. The van der Waals surface area contributed by atoms with Crippen molar-refractivity contribution in [2.45, 2.75) is 22.0 Å². The summed E-state index contributed by atoms with van der Waals surface area (Å²) in [7, 11) is -26.4. The summed E-state index contributed by atoms with van der Waals surface area (Å²) in [5.74, 6) is -0.819. The Hall–Kier alpha value is -2.57. The van der Waals surface area contributed by atoms with Crippen LogP contribution >= 0.6 is 0 Å². The molecule has 0 saturated heterocycles. The largest absolute Gasteiger partial charge is 0.512 e. The van der Waals surface area contributed by atoms with Gasteiger partial charge in [0.15, 0.2) is 0 Å². The number of rotatable bonds is 7. The van der Waals surface area contributed by atoms with Gasteiger partial charge in [-0.3, -0.25) is 4.79 Å². The molecule has 41 heavy (non-hydrogen) atoms. The molecule has 0 saturated carbocycles. The molecule has 244 valence electrons. The first-order valence-electron chi connectivity index (χ1n) is 8.48. The summed E-state index contributed by atoms with van der Waals surface area (Å²) in [6, 6.07) is 0. The third kappa shape index (κ3) is 12.9. The molecule has 0 spiro atoms. The van der Waals surface area contributed by atoms with Gasteiger partial charge in [-0.15, -0.1) is 0 Å². The van der Waals surface area contributed by atoms with Crippen molar-refractivity contribution in [3.05, 3.63) is 25.2 Å². The average molecular weight is 716 g/mol. The Balaban J connectivity index is 0. The normalized spacial score (nSPS) is 15.4. The van der Waals surface area contributed by atoms with Crippen LogP contribution in [0.5, 0.6) is 0 Å². The summed E-state index contributed by atoms with van der Waals surface area (Å²) in [4.78, 5) is 13.7. The van der Waals surface area contributed by atoms with Crippen molar-refractivity contribution in [2.75, 3.05) is 13.2 Å². The van der Waals surface area contributed by atoms with Gasteiger partial charge in [0, 0.05) is 12.4 Å². The first-order chi connectivity index (χ1) is 17.6. The molecule has 1 rings (SSSR count). The Bertz CT molecular complexity index is 1230. The minimum absolute atomic E-state index is 0.0425. The number of hydrogen-bond donors (Lipinski definition) is 3. The molecule has 1 aliphatic heterocycles. The van der Waals surface area contributed by atoms with E-state index in [2.05, 4.69) is 6.58 Å². The number of alkyl halides is 12. The first-order valence-corrected chi connectivity index (χ1v) is 14.4. The Morgan fingerprint density at radius 2 is 0.951 bits per heavy atom. The van der Waals surface area contributed by atoms with Crippen molar-refractivity contribution in [2.24, 2.45) is 0 Å². The number of hydrogen-bond acceptors (Lipinski definition) is 11. The molecule has 0 amide bonds. The number of nitrogens with one attached hydrogen (secondary N) is 2. The van der Waals surface area contributed by atoms with E-state index in [0.717, 1.165) is 0 Å². The molecule has 0 aliphatic carbocycles. The molecule has 14 nitrogen and oxygen atoms in total. The van der Waals surface area contributed by atoms with E-state index in [1.54, 1.807) is 23.5 Å². The van der Waals surface area contributed by atoms with E-state index in [-0.39, 0.29) is 6.54 Å². The maximum Gasteiger partial charge on any atom is 0.512 e. The predicted octanol–water partition coefficient (Wildman–Crippen LogP) is 0.811. The molecule has 1 aliphatic rings. The predicted molar refractivity (Wildman–Crippen MR) is 107 cm³/mol. The fraction of sp³-hybridized carbons (Fsp3) is 0.545. The number of aliphatic carboxylic acids is 1. The third-order valence-corrected chi connectivity index (χ3v) is 8.99. The van der Waals surface area contributed by atoms with E-state index in [4.69, 9.17) is 5.11 Å². The van der Waals surface area contributed by atoms with E-state index in [1.165, 1.54) is 0 Å². The van der Waals surface area contributed by atoms with Crippen molar-refractivity contribution >= 4 is 46.1 Å². The Kier molecular flexibility index (Phi) is 13.0. The zero-order valence-corrected chi connectivity index (χ0v) is 21.8. The molecule has 0 atom stereocenters. The van der Waals surface area contributed by atoms with Gasteiger partial charge in [-0.2, -0.15) is 52.7 Å². The molecule has 0 aromatic carbocycles. The smallest absolute Gasteiger partial charge is 0.480 e. The zero-order chi connectivity index (χ0) is 33.7. The summed E-state index contributed by atoms with van der Waals surface area (Å²) in [5.41, 5.74) is -24.6. The van der Waals surface area contributed by atoms with Gasteiger partial charge in [0.1, 0.15) is 6.54 Å². The lowest BCUT2D eigenvalue weighted by Crippen LogP contribution is -2.45. The molecule has 0 radical (unpaired) electrons. The lowest BCUT2D eigenvalue weighted by atomic mass is 10.6. The zero-order valence-electron chi connectivity index (χ0n) is 18.5. The van der Waals surface area contributed by atoms with Crippen LogP contribution in [-0.4, -0.2) is 89.8 Å². The second kappa shape index (κ2) is 13.2. The summed E-state index contributed by atoms with van der Waals surface area (Å²) in [5, 5.41) is 8.41. The van der Waals surface area contributed by atoms with Crippen LogP contribution < -0.4 is 8.25 Å². The molecule has 0 unspecified atom stereocenters. The van der Waals surface area contributed by atoms with Gasteiger partial charge in [0.25, 0.3) is 0 Å². The lowest BCUT2D eigenvalue weighted by Gasteiger charge is -2.15. The number of sulfonamides is 4. The van der Waals surface area contributed by atoms with Crippen molar-refractivity contribution in [1.82, 2.24) is 18.1 Å². The van der Waals surface area contributed by atoms with Crippen LogP contribution in [0.1, 0.15) is 0 Å². The van der Waals surface area contributed by atoms with E-state index in [0.29, 0.717) is 6.67 Å². The minimum atomic E-state index is -6.60. The van der Waals surface area contributed by atoms with E-state index in [1.807, 2.05) is 4.90 Å². The number of carbonyl (C=O) groups is 1. The van der Waals surface area contributed by atoms with Gasteiger partial charge in [0.2, 0.25) is 0 Å². The number of nitrogens with zero attached hydrogens (tertiary/aromatic N) is 2. The molecule has 30 heteroatoms. The van der Waals surface area contributed by atoms with Crippen LogP contribution in [0.3, 0.4) is 0 Å². The van der Waals surface area contributed by atoms with Crippen LogP contribution in [-0.2, 0) is 44.9 Å². The second-order valence-corrected chi connectivity index (χ2v) is 13.5. The summed E-state index contributed by atoms with van der Waals surface area (Å²) in [6.07, 6.45) is 5.17. The SMILES string of the molecule is C=CN1C=CN(CC(=O)O)C1.O=S(=O)(NS(=O)(=O)C(F)(F)F)C(F)(F)F.O=S(=O)(NS(=O)(=O)C(F)(F)F)C(F)(F)F. The number of halogens is 12. The van der Waals surface area contributed by atoms with E-state index >= 15 is 0 Å². The Morgan fingerprint density at radius 1 is 0.683 bits per heavy atom. The van der Waals surface area contributed by atoms with Crippen LogP contribution in [0.2, 0.25) is 0 Å². The van der Waals surface area contributed by atoms with Gasteiger partial charge in [0.05, 0.1) is 6.67 Å². The van der Waals surface area contributed by atoms with E-state index < -0.39 is 76.4 Å². The highest BCUT2D eigenvalue weighted by Crippen LogP contribution is 2.28. The third-order valence-electron chi connectivity index (χ3n) is 3.04. The Labute approximate surface area is 221 Å². The molecule has 0 aromatic rings. The van der Waals surface area contributed by atoms with Gasteiger partial charge >= 0.3 is 68.1 Å². The van der Waals surface area contributed by atoms with Gasteiger partial charge in [-0.05, 0) is 6.20 Å². The second-order valence-electron chi connectivity index (χ2n) is 6.24. The van der Waals surface area contributed by atoms with Gasteiger partial charge in [-0.25, -0.2) is 33.7 Å². The molecule has 0 bridgehead atoms. The maximum atomic E-state index is 11.5. The van der Waals surface area contributed by atoms with Crippen LogP contribution in [0, 0.1) is 0 Å². The summed E-state index contributed by atoms with van der Waals surface area (Å²) in [6.45, 7) is 4.18. The van der Waals surface area contributed by atoms with Crippen LogP contribution in [0.15, 0.2) is 25.2 Å². The van der Waals surface area contributed by atoms with E-state index in [9.17, 15) is 91.2 Å². The first kappa shape index (κ1) is 40.6. The summed E-state index contributed by atoms with van der Waals surface area (Å²) >= 11 is 0. The van der Waals surface area contributed by atoms with Gasteiger partial charge < -0.3 is 14.9 Å². The summed E-state index contributed by atoms with van der Waals surface area (Å²) < 4.78 is 217. The minimum Gasteiger partial charge on any atom is -0.480 e. The highest BCUT2D eigenvalue weighted by molar-refractivity contribution is 8.06. The molecule has 0 aromatic heterocycles. The standard InChI is InChI=1S/C7H10N2O2.2C2HF6NO4S2/c1-2-8-3-4-9(6-8)5-7(10)11;2*3-1(4,5)14(10,11)9-15(12,13)2(6,7)8/h2-4H,1,5-6H2,(H,10,11);2*9H. The van der Waals surface area contributed by atoms with Crippen molar-refractivity contribution in [1.29, 1.82) is 0 Å². The number of carboxylic acids is 1. The fourth-order valence-corrected chi connectivity index (χ4v) is 5.18. The quantitative estimate of drug-likeness (QED) is 0.314.